The molecule has 2 rings (SSSR count). The van der Waals surface area contributed by atoms with Crippen LogP contribution in [-0.2, 0) is 74.7 Å². The number of aliphatic hydroxyl groups excluding tert-OH is 5. The van der Waals surface area contributed by atoms with Gasteiger partial charge in [0.05, 0.1) is 75.1 Å². The zero-order valence-electron chi connectivity index (χ0n) is 65.0. The quantitative estimate of drug-likeness (QED) is 0.0153. The van der Waals surface area contributed by atoms with Crippen molar-refractivity contribution >= 4 is 47.0 Å². The van der Waals surface area contributed by atoms with Crippen LogP contribution >= 0.6 is 23.2 Å². The summed E-state index contributed by atoms with van der Waals surface area (Å²) in [6.45, 7) is 11.5. The van der Waals surface area contributed by atoms with Gasteiger partial charge in [-0.2, -0.15) is 0 Å². The molecule has 6 unspecified atom stereocenters. The van der Waals surface area contributed by atoms with E-state index >= 15 is 0 Å². The summed E-state index contributed by atoms with van der Waals surface area (Å²) >= 11 is 0. The summed E-state index contributed by atoms with van der Waals surface area (Å²) in [5, 5.41) is 62.6. The van der Waals surface area contributed by atoms with Crippen molar-refractivity contribution in [2.24, 2.45) is 5.73 Å². The van der Waals surface area contributed by atoms with Gasteiger partial charge in [-0.25, -0.2) is 13.4 Å². The number of phosphoric ester groups is 2. The van der Waals surface area contributed by atoms with Crippen molar-refractivity contribution in [3.8, 4) is 0 Å². The predicted molar refractivity (Wildman–Crippen MR) is 401 cm³/mol. The van der Waals surface area contributed by atoms with E-state index in [0.29, 0.717) is 25.7 Å². The normalized spacial score (nSPS) is 23.2. The summed E-state index contributed by atoms with van der Waals surface area (Å²) in [7, 11) is -16.5. The number of nitrogens with two attached hydrogens (primary N) is 1. The molecule has 2 fully saturated rings. The first-order valence-corrected chi connectivity index (χ1v) is 45.1. The van der Waals surface area contributed by atoms with E-state index in [9.17, 15) is 78.0 Å². The van der Waals surface area contributed by atoms with Crippen LogP contribution in [0.25, 0.3) is 0 Å². The number of aliphatic hydroxyl groups is 5. The fourth-order valence-electron chi connectivity index (χ4n) is 13.1. The lowest BCUT2D eigenvalue weighted by atomic mass is 9.95. The molecule has 0 aromatic carbocycles. The van der Waals surface area contributed by atoms with Crippen molar-refractivity contribution in [2.45, 2.75) is 422 Å². The molecule has 0 radical (unpaired) electrons. The Morgan fingerprint density at radius 1 is 0.448 bits per heavy atom. The van der Waals surface area contributed by atoms with Crippen LogP contribution in [0.4, 0.5) is 0 Å². The lowest BCUT2D eigenvalue weighted by Crippen LogP contribution is -2.68. The van der Waals surface area contributed by atoms with Crippen LogP contribution in [0, 0.1) is 0 Å². The first-order valence-electron chi connectivity index (χ1n) is 40.3. The highest BCUT2D eigenvalue weighted by Crippen LogP contribution is 2.60. The van der Waals surface area contributed by atoms with Gasteiger partial charge >= 0.3 is 35.2 Å². The molecule has 0 bridgehead atoms. The molecule has 2 amide bonds. The molecule has 13 N–H and O–H groups in total. The maximum atomic E-state index is 14.4. The van der Waals surface area contributed by atoms with E-state index in [1.807, 2.05) is 0 Å². The number of carbonyl (C=O) groups is 4. The van der Waals surface area contributed by atoms with E-state index in [1.54, 1.807) is 20.8 Å². The van der Waals surface area contributed by atoms with Crippen molar-refractivity contribution in [1.82, 2.24) is 10.6 Å². The number of esters is 2. The van der Waals surface area contributed by atoms with Crippen molar-refractivity contribution in [1.29, 1.82) is 0 Å². The fourth-order valence-corrected chi connectivity index (χ4v) is 16.2. The second-order valence-electron chi connectivity index (χ2n) is 30.2. The number of nitrogens with one attached hydrogen (secondary N) is 2. The summed E-state index contributed by atoms with van der Waals surface area (Å²) in [6, 6.07) is -3.89. The zero-order valence-corrected chi connectivity index (χ0v) is 67.7. The van der Waals surface area contributed by atoms with E-state index in [4.69, 9.17) is 47.5 Å². The van der Waals surface area contributed by atoms with Crippen LogP contribution in [0.1, 0.15) is 331 Å². The van der Waals surface area contributed by atoms with E-state index < -0.39 is 190 Å². The third kappa shape index (κ3) is 48.4. The number of ether oxygens (including phenoxy) is 6. The molecule has 105 heavy (non-hydrogen) atoms. The second kappa shape index (κ2) is 57.0. The molecule has 2 aliphatic rings. The van der Waals surface area contributed by atoms with Gasteiger partial charge in [0, 0.05) is 6.54 Å². The predicted octanol–water partition coefficient (Wildman–Crippen LogP) is 12.9. The topological polar surface area (TPSA) is 435 Å². The highest BCUT2D eigenvalue weighted by molar-refractivity contribution is 7.64. The van der Waals surface area contributed by atoms with Crippen LogP contribution in [0.15, 0.2) is 0 Å². The number of hydrogen-bond donors (Lipinski definition) is 12. The third-order valence-corrected chi connectivity index (χ3v) is 22.6. The Labute approximate surface area is 628 Å². The van der Waals surface area contributed by atoms with Gasteiger partial charge in [-0.1, -0.05) is 259 Å². The molecule has 0 saturated carbocycles. The Hall–Kier alpha value is -2.11. The lowest BCUT2D eigenvalue weighted by molar-refractivity contribution is -0.299. The minimum atomic E-state index is -5.86. The first kappa shape index (κ1) is 99.0. The van der Waals surface area contributed by atoms with E-state index in [2.05, 4.69) is 38.3 Å². The van der Waals surface area contributed by atoms with Gasteiger partial charge in [0.1, 0.15) is 36.5 Å². The Bertz CT molecular complexity index is 2430. The summed E-state index contributed by atoms with van der Waals surface area (Å²) in [5.74, 6) is -4.10. The van der Waals surface area contributed by atoms with Crippen molar-refractivity contribution in [2.75, 3.05) is 25.9 Å². The van der Waals surface area contributed by atoms with Gasteiger partial charge in [-0.15, -0.1) is 0 Å². The highest BCUT2D eigenvalue weighted by Gasteiger charge is 2.55. The fraction of sp³-hybridized carbons (Fsp3) is 0.946. The molecular formula is C74H144N3O25P3. The van der Waals surface area contributed by atoms with Crippen LogP contribution < -0.4 is 16.4 Å². The molecule has 2 saturated heterocycles. The molecule has 28 nitrogen and oxygen atoms in total. The minimum absolute atomic E-state index is 0.172. The third-order valence-electron chi connectivity index (χ3n) is 19.0. The molecule has 0 spiro atoms. The van der Waals surface area contributed by atoms with Gasteiger partial charge in [-0.05, 0) is 46.5 Å². The summed E-state index contributed by atoms with van der Waals surface area (Å²) < 4.78 is 92.7. The maximum Gasteiger partial charge on any atom is 0.481 e. The van der Waals surface area contributed by atoms with Crippen LogP contribution in [0.5, 0.6) is 0 Å². The Balaban J connectivity index is 2.80. The monoisotopic (exact) mass is 1570 g/mol. The smallest absolute Gasteiger partial charge is 0.457 e. The second-order valence-corrected chi connectivity index (χ2v) is 34.9. The van der Waals surface area contributed by atoms with Crippen LogP contribution in [0.2, 0.25) is 0 Å². The lowest BCUT2D eigenvalue weighted by Gasteiger charge is -2.47. The van der Waals surface area contributed by atoms with E-state index in [0.717, 1.165) is 186 Å². The molecule has 0 aliphatic carbocycles. The number of amides is 2. The first-order chi connectivity index (χ1) is 49.9. The van der Waals surface area contributed by atoms with Gasteiger partial charge in [0.2, 0.25) is 11.8 Å². The Morgan fingerprint density at radius 3 is 1.13 bits per heavy atom. The maximum absolute atomic E-state index is 14.4. The van der Waals surface area contributed by atoms with Crippen molar-refractivity contribution in [3.63, 3.8) is 0 Å². The van der Waals surface area contributed by atoms with Gasteiger partial charge in [0.25, 0.3) is 0 Å². The number of hydrogen-bond acceptors (Lipinski definition) is 22. The number of rotatable bonds is 65. The minimum Gasteiger partial charge on any atom is -0.457 e. The number of unbranched alkanes of at least 4 members (excludes halogenated alkanes) is 32. The van der Waals surface area contributed by atoms with Gasteiger partial charge in [-0.3, -0.25) is 32.8 Å². The summed E-state index contributed by atoms with van der Waals surface area (Å²) in [5.41, 5.74) is 4.53. The van der Waals surface area contributed by atoms with Crippen molar-refractivity contribution < 1.29 is 120 Å². The van der Waals surface area contributed by atoms with E-state index in [1.165, 1.54) is 19.3 Å². The van der Waals surface area contributed by atoms with E-state index in [-0.39, 0.29) is 25.7 Å². The standard InChI is InChI=1S/C74H144N3O25P3/c1-8-12-16-20-24-28-32-36-40-44-56(78)50-62(82)76-66-70(98-64(84)52-58(80)46-42-38-34-30-26-22-18-14-10-3)68(86)60(96-73(66)101-105(92,93)102-103(87,88)49-48-75)54-94-72-67(77-63(83)51-57(79)45-41-37-33-29-25-21-17-13-9-2)71(69(100-104(89,90)91)61(97-72)55-95-74(5,6)7)99-65(85)53-59(81)47-43-39-35-31-27-23-19-15-11-4/h56-61,66-73,78-81,86H,8-55,75H2,1-7H3,(H,76,82)(H,77,83)(H,87,88)(H,92,93)(H2,89,90,91)/t56-,57-,58-,59-,60?,61?,66?,67?,68-,69-,70-,71-,72-,73-/m1/s1. The average molecular weight is 1570 g/mol. The molecule has 2 heterocycles. The Kier molecular flexibility index (Phi) is 53.7. The van der Waals surface area contributed by atoms with Crippen LogP contribution in [-0.4, -0.2) is 186 Å². The molecule has 16 atom stereocenters. The molecule has 0 aromatic heterocycles. The molecule has 2 aliphatic heterocycles. The highest BCUT2D eigenvalue weighted by atomic mass is 31.3. The zero-order chi connectivity index (χ0) is 78.1. The van der Waals surface area contributed by atoms with Crippen LogP contribution in [0.3, 0.4) is 0 Å². The molecule has 620 valence electrons. The molecule has 31 heteroatoms. The summed E-state index contributed by atoms with van der Waals surface area (Å²) in [4.78, 5) is 99.8. The van der Waals surface area contributed by atoms with Crippen molar-refractivity contribution in [3.05, 3.63) is 0 Å². The molecular weight excluding hydrogens is 1420 g/mol. The van der Waals surface area contributed by atoms with Gasteiger partial charge < -0.3 is 89.9 Å². The largest absolute Gasteiger partial charge is 0.481 e. The average Bonchev–Trinajstić information content (AvgIpc) is 0.780. The Morgan fingerprint density at radius 2 is 0.781 bits per heavy atom. The molecule has 0 aromatic rings. The number of phosphoric acid groups is 2. The summed E-state index contributed by atoms with van der Waals surface area (Å²) in [6.07, 6.45) is 11.8. The SMILES string of the molecule is CCCCCCCCCCC[C@@H](O)CC(=O)NC1[C@@H](OP(=O)(O)OP(=O)(O)CCN)OC(CO[C@@H]2OC(COC(C)(C)C)[C@@H](OP(=O)(O)O)[C@H](OC(=O)C[C@H](O)CCCCCCCCCCC)C2NC(=O)C[C@H](O)CCCCCCCCCCC)[C@@H](O)[C@@H]1OC(=O)C[C@H](O)CCCCCCCCCCC. The number of carbonyl (C=O) groups excluding carboxylic acids is 4. The van der Waals surface area contributed by atoms with Gasteiger partial charge in [0.15, 0.2) is 24.8 Å².